The molecule has 19 heteroatoms. The Labute approximate surface area is 298 Å². The lowest BCUT2D eigenvalue weighted by Crippen LogP contribution is -2.60. The van der Waals surface area contributed by atoms with Crippen LogP contribution in [0.4, 0.5) is 0 Å². The number of hydrogen-bond donors (Lipinski definition) is 11. The fraction of sp³-hybridized carbons (Fsp3) is 0.515. The molecular weight excluding hydrogens is 686 g/mol. The number of carbonyl (C=O) groups is 8. The number of para-hydroxylation sites is 1. The number of aliphatic carboxylic acids is 3. The number of rotatable bonds is 21. The predicted octanol–water partition coefficient (Wildman–Crippen LogP) is -1.81. The first-order chi connectivity index (χ1) is 24.3. The molecule has 0 aliphatic heterocycles. The molecule has 2 rings (SSSR count). The standard InChI is InChI=1S/C33H47N7O12/c1-15(2)9-20(36-29(47)21(11-25(42)43)38-31(49)24(14-41)40-32(50)27(34)16(3)4)28(46)37-22(12-26(44)45)30(48)39-23(33(51)52)10-17-13-35-19-8-6-5-7-18(17)19/h5-8,13,15-16,20-24,27,35,41H,9-12,14,34H2,1-4H3,(H,36,47)(H,37,46)(H,38,49)(H,39,48)(H,40,50)(H,42,43)(H,44,45)(H,51,52)/t20-,21-,22-,23-,24-,27-/m0/s1. The van der Waals surface area contributed by atoms with Crippen molar-refractivity contribution in [1.29, 1.82) is 0 Å². The van der Waals surface area contributed by atoms with Gasteiger partial charge in [-0.05, 0) is 29.9 Å². The van der Waals surface area contributed by atoms with Gasteiger partial charge in [0.25, 0.3) is 0 Å². The average molecular weight is 734 g/mol. The van der Waals surface area contributed by atoms with Crippen LogP contribution in [0.5, 0.6) is 0 Å². The Hall–Kier alpha value is -5.56. The average Bonchev–Trinajstić information content (AvgIpc) is 3.47. The maximum absolute atomic E-state index is 13.5. The van der Waals surface area contributed by atoms with Crippen LogP contribution in [0.15, 0.2) is 30.5 Å². The molecule has 0 radical (unpaired) electrons. The van der Waals surface area contributed by atoms with Crippen LogP contribution in [-0.2, 0) is 44.8 Å². The summed E-state index contributed by atoms with van der Waals surface area (Å²) in [6.45, 7) is 5.70. The van der Waals surface area contributed by atoms with Gasteiger partial charge in [0.2, 0.25) is 29.5 Å². The minimum Gasteiger partial charge on any atom is -0.481 e. The lowest BCUT2D eigenvalue weighted by Gasteiger charge is -2.27. The third kappa shape index (κ3) is 13.0. The molecule has 2 aromatic rings. The molecule has 0 unspecified atom stereocenters. The minimum atomic E-state index is -1.82. The molecule has 1 aromatic carbocycles. The fourth-order valence-electron chi connectivity index (χ4n) is 5.05. The van der Waals surface area contributed by atoms with Crippen molar-refractivity contribution in [2.24, 2.45) is 17.6 Å². The summed E-state index contributed by atoms with van der Waals surface area (Å²) in [7, 11) is 0. The molecule has 1 aromatic heterocycles. The van der Waals surface area contributed by atoms with Crippen LogP contribution in [-0.4, -0.2) is 116 Å². The normalized spacial score (nSPS) is 14.7. The number of benzene rings is 1. The van der Waals surface area contributed by atoms with Crippen molar-refractivity contribution < 1.29 is 58.8 Å². The van der Waals surface area contributed by atoms with Gasteiger partial charge in [0.05, 0.1) is 25.5 Å². The molecule has 0 saturated heterocycles. The van der Waals surface area contributed by atoms with E-state index in [-0.39, 0.29) is 24.7 Å². The second-order valence-electron chi connectivity index (χ2n) is 13.0. The van der Waals surface area contributed by atoms with Crippen molar-refractivity contribution in [1.82, 2.24) is 31.6 Å². The van der Waals surface area contributed by atoms with Crippen LogP contribution in [0.1, 0.15) is 52.5 Å². The van der Waals surface area contributed by atoms with E-state index in [1.54, 1.807) is 58.2 Å². The number of carbonyl (C=O) groups excluding carboxylic acids is 5. The predicted molar refractivity (Wildman–Crippen MR) is 183 cm³/mol. The first-order valence-electron chi connectivity index (χ1n) is 16.4. The fourth-order valence-corrected chi connectivity index (χ4v) is 5.05. The number of amides is 5. The highest BCUT2D eigenvalue weighted by atomic mass is 16.4. The van der Waals surface area contributed by atoms with Crippen LogP contribution in [0.3, 0.4) is 0 Å². The number of fused-ring (bicyclic) bond motifs is 1. The Morgan fingerprint density at radius 3 is 1.62 bits per heavy atom. The number of H-pyrrole nitrogens is 1. The van der Waals surface area contributed by atoms with Crippen molar-refractivity contribution in [3.8, 4) is 0 Å². The molecule has 0 aliphatic rings. The van der Waals surface area contributed by atoms with Crippen molar-refractivity contribution in [2.45, 2.75) is 89.6 Å². The highest BCUT2D eigenvalue weighted by Crippen LogP contribution is 2.19. The Morgan fingerprint density at radius 2 is 1.13 bits per heavy atom. The lowest BCUT2D eigenvalue weighted by atomic mass is 10.0. The second-order valence-corrected chi connectivity index (χ2v) is 13.0. The van der Waals surface area contributed by atoms with E-state index in [2.05, 4.69) is 31.6 Å². The topological polar surface area (TPSA) is 319 Å². The summed E-state index contributed by atoms with van der Waals surface area (Å²) < 4.78 is 0. The van der Waals surface area contributed by atoms with Crippen LogP contribution in [0.25, 0.3) is 10.9 Å². The van der Waals surface area contributed by atoms with Crippen molar-refractivity contribution in [2.75, 3.05) is 6.61 Å². The van der Waals surface area contributed by atoms with E-state index in [1.807, 2.05) is 0 Å². The van der Waals surface area contributed by atoms with Gasteiger partial charge in [0.15, 0.2) is 0 Å². The number of carboxylic acids is 3. The summed E-state index contributed by atoms with van der Waals surface area (Å²) in [5.74, 6) is -10.4. The third-order valence-corrected chi connectivity index (χ3v) is 7.91. The first kappa shape index (κ1) is 42.6. The van der Waals surface area contributed by atoms with Gasteiger partial charge in [0.1, 0.15) is 30.2 Å². The number of nitrogens with two attached hydrogens (primary N) is 1. The number of aromatic amines is 1. The van der Waals surface area contributed by atoms with Crippen LogP contribution in [0, 0.1) is 11.8 Å². The minimum absolute atomic E-state index is 0.104. The third-order valence-electron chi connectivity index (χ3n) is 7.91. The highest BCUT2D eigenvalue weighted by Gasteiger charge is 2.35. The number of aliphatic hydroxyl groups excluding tert-OH is 1. The molecule has 0 saturated carbocycles. The molecule has 0 bridgehead atoms. The van der Waals surface area contributed by atoms with Crippen molar-refractivity contribution in [3.05, 3.63) is 36.0 Å². The Kier molecular flexibility index (Phi) is 16.2. The molecule has 19 nitrogen and oxygen atoms in total. The van der Waals surface area contributed by atoms with Crippen LogP contribution >= 0.6 is 0 Å². The van der Waals surface area contributed by atoms with E-state index < -0.39 is 103 Å². The van der Waals surface area contributed by atoms with Gasteiger partial charge >= 0.3 is 17.9 Å². The van der Waals surface area contributed by atoms with Crippen molar-refractivity contribution >= 4 is 58.3 Å². The molecular formula is C33H47N7O12. The molecule has 12 N–H and O–H groups in total. The number of hydrogen-bond acceptors (Lipinski definition) is 10. The zero-order chi connectivity index (χ0) is 39.3. The molecule has 0 spiro atoms. The second kappa shape index (κ2) is 19.7. The van der Waals surface area contributed by atoms with Crippen LogP contribution < -0.4 is 32.3 Å². The largest absolute Gasteiger partial charge is 0.481 e. The van der Waals surface area contributed by atoms with Gasteiger partial charge in [-0.3, -0.25) is 33.6 Å². The van der Waals surface area contributed by atoms with Crippen LogP contribution in [0.2, 0.25) is 0 Å². The molecule has 6 atom stereocenters. The highest BCUT2D eigenvalue weighted by molar-refractivity contribution is 5.98. The van der Waals surface area contributed by atoms with E-state index in [0.717, 1.165) is 5.52 Å². The summed E-state index contributed by atoms with van der Waals surface area (Å²) in [5.41, 5.74) is 7.05. The van der Waals surface area contributed by atoms with E-state index >= 15 is 0 Å². The summed E-state index contributed by atoms with van der Waals surface area (Å²) in [6.07, 6.45) is -0.667. The van der Waals surface area contributed by atoms with E-state index in [4.69, 9.17) is 5.73 Å². The number of aliphatic hydroxyl groups is 1. The Morgan fingerprint density at radius 1 is 0.673 bits per heavy atom. The molecule has 5 amide bonds. The van der Waals surface area contributed by atoms with E-state index in [1.165, 1.54) is 0 Å². The number of aromatic nitrogens is 1. The van der Waals surface area contributed by atoms with Gasteiger partial charge in [-0.2, -0.15) is 0 Å². The molecule has 0 fully saturated rings. The molecule has 52 heavy (non-hydrogen) atoms. The monoisotopic (exact) mass is 733 g/mol. The van der Waals surface area contributed by atoms with E-state index in [0.29, 0.717) is 10.9 Å². The quantitative estimate of drug-likeness (QED) is 0.0675. The van der Waals surface area contributed by atoms with Gasteiger partial charge in [-0.15, -0.1) is 0 Å². The van der Waals surface area contributed by atoms with E-state index in [9.17, 15) is 58.8 Å². The number of carboxylic acid groups (broad SMARTS) is 3. The maximum atomic E-state index is 13.5. The van der Waals surface area contributed by atoms with Gasteiger partial charge in [-0.25, -0.2) is 4.79 Å². The molecule has 286 valence electrons. The number of nitrogens with one attached hydrogen (secondary N) is 6. The molecule has 0 aliphatic carbocycles. The van der Waals surface area contributed by atoms with Gasteiger partial charge < -0.3 is 57.7 Å². The SMILES string of the molecule is CC(C)C[C@H](NC(=O)[C@H](CC(=O)O)NC(=O)[C@H](CO)NC(=O)[C@@H](N)C(C)C)C(=O)N[C@@H](CC(=O)O)C(=O)N[C@@H](Cc1c[nH]c2ccccc12)C(=O)O. The summed E-state index contributed by atoms with van der Waals surface area (Å²) >= 11 is 0. The van der Waals surface area contributed by atoms with Gasteiger partial charge in [0, 0.05) is 23.5 Å². The lowest BCUT2D eigenvalue weighted by molar-refractivity contribution is -0.143. The zero-order valence-corrected chi connectivity index (χ0v) is 29.2. The summed E-state index contributed by atoms with van der Waals surface area (Å²) in [5, 5.41) is 50.4. The Bertz CT molecular complexity index is 1620. The van der Waals surface area contributed by atoms with Crippen molar-refractivity contribution in [3.63, 3.8) is 0 Å². The summed E-state index contributed by atoms with van der Waals surface area (Å²) in [4.78, 5) is 104. The molecule has 1 heterocycles. The zero-order valence-electron chi connectivity index (χ0n) is 29.2. The maximum Gasteiger partial charge on any atom is 0.326 e. The van der Waals surface area contributed by atoms with Gasteiger partial charge in [-0.1, -0.05) is 45.9 Å². The summed E-state index contributed by atoms with van der Waals surface area (Å²) in [6, 6.07) is -2.28. The first-order valence-corrected chi connectivity index (χ1v) is 16.4. The smallest absolute Gasteiger partial charge is 0.326 e. The Balaban J connectivity index is 2.25.